The summed E-state index contributed by atoms with van der Waals surface area (Å²) in [5.74, 6) is -11.7. The van der Waals surface area contributed by atoms with Crippen molar-refractivity contribution in [3.8, 4) is 41.4 Å². The topological polar surface area (TPSA) is 484 Å². The quantitative estimate of drug-likeness (QED) is 0.0693. The van der Waals surface area contributed by atoms with Gasteiger partial charge < -0.3 is 78.5 Å². The predicted molar refractivity (Wildman–Crippen MR) is 383 cm³/mol. The van der Waals surface area contributed by atoms with E-state index < -0.39 is 174 Å². The third-order valence-corrected chi connectivity index (χ3v) is 21.4. The highest BCUT2D eigenvalue weighted by Crippen LogP contribution is 2.57. The Balaban J connectivity index is 0.000000188. The number of hydrogen-bond donors (Lipinski definition) is 15. The average Bonchev–Trinajstić information content (AvgIpc) is 0.712. The van der Waals surface area contributed by atoms with Crippen LogP contribution in [0.15, 0.2) is 106 Å². The summed E-state index contributed by atoms with van der Waals surface area (Å²) in [6, 6.07) is 5.87. The number of nitrogens with zero attached hydrogens (tertiary/aromatic N) is 3. The van der Waals surface area contributed by atoms with Gasteiger partial charge in [-0.15, -0.1) is 24.8 Å². The van der Waals surface area contributed by atoms with Crippen molar-refractivity contribution in [2.45, 2.75) is 101 Å². The van der Waals surface area contributed by atoms with Crippen LogP contribution >= 0.6 is 22.6 Å². The van der Waals surface area contributed by atoms with Crippen LogP contribution in [0.4, 0.5) is 0 Å². The molecule has 3 aromatic carbocycles. The van der Waals surface area contributed by atoms with Crippen molar-refractivity contribution in [2.75, 3.05) is 42.3 Å². The lowest BCUT2D eigenvalue weighted by molar-refractivity contribution is -0.155. The molecule has 0 saturated heterocycles. The van der Waals surface area contributed by atoms with Gasteiger partial charge in [0.25, 0.3) is 17.7 Å². The molecule has 9 aliphatic carbocycles. The second-order valence-electron chi connectivity index (χ2n) is 26.9. The van der Waals surface area contributed by atoms with Crippen molar-refractivity contribution in [2.24, 2.45) is 52.7 Å². The summed E-state index contributed by atoms with van der Waals surface area (Å²) in [5, 5.41) is 131. The minimum atomic E-state index is -2.64. The van der Waals surface area contributed by atoms with E-state index in [0.717, 1.165) is 9.13 Å². The number of primary amides is 3. The number of aliphatic hydroxyl groups is 9. The van der Waals surface area contributed by atoms with Crippen LogP contribution in [0.5, 0.6) is 17.2 Å². The van der Waals surface area contributed by atoms with Gasteiger partial charge in [-0.2, -0.15) is 0 Å². The molecule has 0 radical (unpaired) electrons. The highest BCUT2D eigenvalue weighted by molar-refractivity contribution is 14.1. The summed E-state index contributed by atoms with van der Waals surface area (Å²) in [7, 11) is 9.37. The first-order valence-corrected chi connectivity index (χ1v) is 33.4. The van der Waals surface area contributed by atoms with E-state index in [4.69, 9.17) is 17.2 Å². The molecule has 0 bridgehead atoms. The van der Waals surface area contributed by atoms with Crippen LogP contribution in [0.2, 0.25) is 0 Å². The zero-order valence-corrected chi connectivity index (χ0v) is 60.1. The Morgan fingerprint density at radius 2 is 0.816 bits per heavy atom. The van der Waals surface area contributed by atoms with Gasteiger partial charge in [-0.1, -0.05) is 30.2 Å². The molecule has 3 amide bonds. The zero-order valence-electron chi connectivity index (χ0n) is 57.9. The lowest BCUT2D eigenvalue weighted by atomic mass is 9.57. The van der Waals surface area contributed by atoms with E-state index in [1.165, 1.54) is 32.9 Å². The van der Waals surface area contributed by atoms with E-state index in [9.17, 15) is 104 Å². The van der Waals surface area contributed by atoms with Crippen molar-refractivity contribution < 1.29 is 104 Å². The lowest BCUT2D eigenvalue weighted by Crippen LogP contribution is -2.65. The number of carbonyl (C=O) groups is 9. The molecule has 3 aromatic rings. The number of hydrogen-bond acceptors (Lipinski definition) is 24. The van der Waals surface area contributed by atoms with Gasteiger partial charge in [-0.25, -0.2) is 0 Å². The fraction of sp³-hybridized carbons (Fsp3) is 0.373. The maximum atomic E-state index is 13.7. The molecule has 544 valence electrons. The number of aromatic hydroxyl groups is 3. The van der Waals surface area contributed by atoms with Crippen LogP contribution in [0.3, 0.4) is 0 Å². The second kappa shape index (κ2) is 29.3. The molecule has 103 heavy (non-hydrogen) atoms. The molecular weight excluding hydrogens is 1450 g/mol. The normalized spacial score (nSPS) is 27.9. The molecule has 9 aliphatic rings. The number of carbonyl (C=O) groups excluding carboxylic acids is 9. The number of halogens is 1. The molecule has 0 heterocycles. The fourth-order valence-electron chi connectivity index (χ4n) is 16.3. The van der Waals surface area contributed by atoms with Crippen LogP contribution in [0, 0.1) is 63.3 Å². The molecule has 18 N–H and O–H groups in total. The van der Waals surface area contributed by atoms with Gasteiger partial charge >= 0.3 is 0 Å². The SMILES string of the molecule is C#CC.C/C=C\c1ccc(O)c2c1CC1CC3C(N(C)C)C(=O)C(C(N)=O)=C(O)[C@@]3(O)C(=O)C1=C2O.C=CC.CC#Cc1ccc(O)c2c1CC1CC3C(N(C)C)C(=O)C(C(N)=O)=C(O)[C@@]3(O)C(=O)C1=C2O.CN(C)C1C(=O)C(C(N)=O)=C(O)[C@@]2(O)C(=O)C3=C(O)c4c(O)ccc(I)c4CC3CC12. The molecule has 12 rings (SSSR count). The van der Waals surface area contributed by atoms with Crippen molar-refractivity contribution in [3.63, 3.8) is 0 Å². The molecule has 0 aromatic heterocycles. The Hall–Kier alpha value is -10.2. The number of amides is 3. The smallest absolute Gasteiger partial charge is 0.255 e. The number of benzene rings is 3. The largest absolute Gasteiger partial charge is 0.508 e. The van der Waals surface area contributed by atoms with Crippen molar-refractivity contribution in [1.29, 1.82) is 0 Å². The highest BCUT2D eigenvalue weighted by atomic mass is 127. The number of aliphatic hydroxyl groups excluding tert-OH is 6. The summed E-state index contributed by atoms with van der Waals surface area (Å²) in [4.78, 5) is 120. The standard InChI is InChI=1S/C24H26N2O7.C24H24N2O7.C21H21IN2O7.C3H6.C3H4/c2*1-4-5-10-6-7-14(27)16-12(10)8-11-9-13-18(26(2)3)20(29)17(23(25)32)22(31)24(13,33)21(30)15(11)19(16)28;1-24(2)15-9-6-7-5-8-10(22)3-4-11(25)13(8)16(26)12(7)18(28)21(9,31)19(29)14(17(15)27)20(23)30;2*1-3-2/h4-7,11,13,18,27-28,31,33H,8-9H2,1-3H3,(H2,25,32);6-7,11,13,18,27-28,31,33H,8-9H2,1-3H3,(H2,25,32);3-4,7,9,15,25-26,29,31H,5-6H2,1-2H3,(H2,23,30);3H,1H2,2H3;1H,2H3/b5-4-;;;;/t2*11?,13?,18?,24-;7?,9?,15?,21-;;/m000../s1. The Bertz CT molecular complexity index is 4610. The molecule has 9 unspecified atom stereocenters. The summed E-state index contributed by atoms with van der Waals surface area (Å²) in [6.45, 7) is 10.4. The molecule has 12 atom stereocenters. The Morgan fingerprint density at radius 3 is 1.13 bits per heavy atom. The molecule has 3 fully saturated rings. The van der Waals surface area contributed by atoms with E-state index in [1.807, 2.05) is 26.0 Å². The van der Waals surface area contributed by atoms with Gasteiger partial charge in [0.1, 0.15) is 68.5 Å². The van der Waals surface area contributed by atoms with E-state index >= 15 is 0 Å². The molecule has 27 nitrogen and oxygen atoms in total. The first-order chi connectivity index (χ1) is 48.2. The van der Waals surface area contributed by atoms with Gasteiger partial charge in [-0.3, -0.25) is 57.9 Å². The number of terminal acetylenes is 1. The number of phenols is 3. The fourth-order valence-corrected chi connectivity index (χ4v) is 17.0. The Morgan fingerprint density at radius 1 is 0.524 bits per heavy atom. The first kappa shape index (κ1) is 78.5. The zero-order chi connectivity index (χ0) is 77.2. The number of Topliss-reactive ketones (excluding diaryl/α,β-unsaturated/α-hetero) is 6. The van der Waals surface area contributed by atoms with Crippen molar-refractivity contribution in [3.05, 3.63) is 154 Å². The number of nitrogens with two attached hydrogens (primary N) is 3. The van der Waals surface area contributed by atoms with Crippen LogP contribution in [0.1, 0.15) is 91.5 Å². The molecule has 0 aliphatic heterocycles. The van der Waals surface area contributed by atoms with Gasteiger partial charge in [0, 0.05) is 43.6 Å². The lowest BCUT2D eigenvalue weighted by Gasteiger charge is -2.50. The maximum absolute atomic E-state index is 13.7. The third kappa shape index (κ3) is 12.4. The van der Waals surface area contributed by atoms with E-state index in [1.54, 1.807) is 80.4 Å². The highest BCUT2D eigenvalue weighted by Gasteiger charge is 2.67. The van der Waals surface area contributed by atoms with E-state index in [0.29, 0.717) is 28.7 Å². The predicted octanol–water partition coefficient (Wildman–Crippen LogP) is 3.73. The van der Waals surface area contributed by atoms with Crippen LogP contribution < -0.4 is 17.2 Å². The van der Waals surface area contributed by atoms with Gasteiger partial charge in [0.15, 0.2) is 34.2 Å². The summed E-state index contributed by atoms with van der Waals surface area (Å²) < 4.78 is 0.784. The summed E-state index contributed by atoms with van der Waals surface area (Å²) in [5.41, 5.74) is 8.45. The van der Waals surface area contributed by atoms with Crippen LogP contribution in [0.25, 0.3) is 23.4 Å². The number of ketones is 6. The monoisotopic (exact) mass is 1530 g/mol. The van der Waals surface area contributed by atoms with Crippen LogP contribution in [-0.2, 0) is 62.4 Å². The van der Waals surface area contributed by atoms with E-state index in [2.05, 4.69) is 53.4 Å². The minimum Gasteiger partial charge on any atom is -0.508 e. The first-order valence-electron chi connectivity index (χ1n) is 32.3. The van der Waals surface area contributed by atoms with Crippen LogP contribution in [-0.4, -0.2) is 206 Å². The second-order valence-corrected chi connectivity index (χ2v) is 28.1. The van der Waals surface area contributed by atoms with Gasteiger partial charge in [-0.05, 0) is 201 Å². The van der Waals surface area contributed by atoms with E-state index in [-0.39, 0.29) is 82.8 Å². The van der Waals surface area contributed by atoms with Gasteiger partial charge in [0.05, 0.1) is 34.8 Å². The van der Waals surface area contributed by atoms with Crippen molar-refractivity contribution >= 4 is 98.4 Å². The minimum absolute atomic E-state index is 0.0338. The molecule has 3 saturated carbocycles. The molecular formula is C75H81IN6O21. The van der Waals surface area contributed by atoms with Crippen molar-refractivity contribution in [1.82, 2.24) is 14.7 Å². The number of phenolic OH excluding ortho intramolecular Hbond substituents is 3. The van der Waals surface area contributed by atoms with Gasteiger partial charge in [0.2, 0.25) is 17.3 Å². The third-order valence-electron chi connectivity index (χ3n) is 20.4. The number of allylic oxidation sites excluding steroid dienone is 2. The average molecular weight is 1530 g/mol. The Labute approximate surface area is 605 Å². The summed E-state index contributed by atoms with van der Waals surface area (Å²) in [6.07, 6.45) is 10.9. The Kier molecular flexibility index (Phi) is 22.3. The molecule has 28 heteroatoms. The number of likely N-dealkylation sites (N-methyl/N-ethyl adjacent to an activating group) is 3. The number of rotatable bonds is 7. The summed E-state index contributed by atoms with van der Waals surface area (Å²) >= 11 is 2.07. The number of fused-ring (bicyclic) bond motifs is 9. The maximum Gasteiger partial charge on any atom is 0.255 e. The molecule has 0 spiro atoms.